The number of aromatic nitrogens is 1. The van der Waals surface area contributed by atoms with Crippen molar-refractivity contribution in [2.75, 3.05) is 19.0 Å². The van der Waals surface area contributed by atoms with Crippen LogP contribution in [0.4, 0.5) is 18.9 Å². The predicted molar refractivity (Wildman–Crippen MR) is 127 cm³/mol. The van der Waals surface area contributed by atoms with Crippen molar-refractivity contribution < 1.29 is 22.8 Å². The van der Waals surface area contributed by atoms with Crippen LogP contribution in [0.15, 0.2) is 48.7 Å². The van der Waals surface area contributed by atoms with Gasteiger partial charge >= 0.3 is 0 Å². The quantitative estimate of drug-likeness (QED) is 0.454. The molecule has 35 heavy (non-hydrogen) atoms. The molecule has 1 atom stereocenters. The van der Waals surface area contributed by atoms with Crippen molar-refractivity contribution >= 4 is 18.0 Å². The van der Waals surface area contributed by atoms with E-state index in [0.717, 1.165) is 16.8 Å². The highest BCUT2D eigenvalue weighted by atomic mass is 19.1. The third-order valence-electron chi connectivity index (χ3n) is 5.80. The van der Waals surface area contributed by atoms with Gasteiger partial charge in [-0.3, -0.25) is 14.6 Å². The van der Waals surface area contributed by atoms with Crippen LogP contribution in [0, 0.1) is 24.4 Å². The third kappa shape index (κ3) is 6.24. The number of pyridine rings is 1. The molecule has 2 aromatic carbocycles. The van der Waals surface area contributed by atoms with E-state index in [2.05, 4.69) is 10.3 Å². The van der Waals surface area contributed by atoms with Gasteiger partial charge in [-0.15, -0.1) is 0 Å². The van der Waals surface area contributed by atoms with Gasteiger partial charge in [0.15, 0.2) is 0 Å². The van der Waals surface area contributed by atoms with Crippen molar-refractivity contribution in [1.29, 1.82) is 0 Å². The lowest BCUT2D eigenvalue weighted by Gasteiger charge is -2.28. The number of anilines is 1. The number of benzene rings is 2. The van der Waals surface area contributed by atoms with Crippen molar-refractivity contribution in [1.82, 2.24) is 15.2 Å². The van der Waals surface area contributed by atoms with Crippen LogP contribution in [0.3, 0.4) is 0 Å². The van der Waals surface area contributed by atoms with Gasteiger partial charge in [0.05, 0.1) is 6.54 Å². The van der Waals surface area contributed by atoms with Crippen LogP contribution >= 0.6 is 0 Å². The Balaban J connectivity index is 1.92. The minimum atomic E-state index is -1.08. The van der Waals surface area contributed by atoms with Gasteiger partial charge in [0.1, 0.15) is 17.5 Å². The van der Waals surface area contributed by atoms with Crippen LogP contribution in [0.25, 0.3) is 0 Å². The van der Waals surface area contributed by atoms with Crippen molar-refractivity contribution in [3.63, 3.8) is 0 Å². The van der Waals surface area contributed by atoms with Crippen molar-refractivity contribution in [2.45, 2.75) is 33.0 Å². The summed E-state index contributed by atoms with van der Waals surface area (Å²) in [5.41, 5.74) is 2.78. The molecule has 1 N–H and O–H groups in total. The van der Waals surface area contributed by atoms with Gasteiger partial charge in [0.25, 0.3) is 5.91 Å². The molecule has 0 aliphatic rings. The Kier molecular flexibility index (Phi) is 8.24. The molecule has 0 saturated heterocycles. The first-order valence-electron chi connectivity index (χ1n) is 11.0. The van der Waals surface area contributed by atoms with Crippen LogP contribution in [0.2, 0.25) is 0 Å². The molecule has 0 aliphatic heterocycles. The van der Waals surface area contributed by atoms with E-state index in [4.69, 9.17) is 0 Å². The number of nitrogens with one attached hydrogen (secondary N) is 1. The summed E-state index contributed by atoms with van der Waals surface area (Å²) in [7, 11) is 3.80. The topological polar surface area (TPSA) is 65.5 Å². The Hall–Kier alpha value is -3.72. The van der Waals surface area contributed by atoms with Gasteiger partial charge in [-0.2, -0.15) is 0 Å². The first kappa shape index (κ1) is 25.9. The molecule has 184 valence electrons. The molecule has 0 bridgehead atoms. The zero-order valence-electron chi connectivity index (χ0n) is 20.0. The first-order chi connectivity index (χ1) is 16.6. The van der Waals surface area contributed by atoms with Crippen molar-refractivity contribution in [3.05, 3.63) is 94.1 Å². The second kappa shape index (κ2) is 11.1. The summed E-state index contributed by atoms with van der Waals surface area (Å²) in [4.78, 5) is 32.6. The summed E-state index contributed by atoms with van der Waals surface area (Å²) in [6.45, 7) is 3.62. The number of hydrogen-bond donors (Lipinski definition) is 1. The zero-order chi connectivity index (χ0) is 25.7. The van der Waals surface area contributed by atoms with E-state index in [9.17, 15) is 22.8 Å². The number of halogens is 3. The summed E-state index contributed by atoms with van der Waals surface area (Å²) in [5.74, 6) is -3.80. The highest BCUT2D eigenvalue weighted by Gasteiger charge is 2.21. The lowest BCUT2D eigenvalue weighted by molar-refractivity contribution is -0.107. The van der Waals surface area contributed by atoms with Crippen LogP contribution < -0.4 is 10.2 Å². The maximum atomic E-state index is 13.9. The first-order valence-corrected chi connectivity index (χ1v) is 11.0. The number of carbonyl (C=O) groups excluding carboxylic acids is 2. The fourth-order valence-electron chi connectivity index (χ4n) is 3.66. The second-order valence-corrected chi connectivity index (χ2v) is 8.48. The van der Waals surface area contributed by atoms with E-state index in [-0.39, 0.29) is 18.2 Å². The Labute approximate surface area is 202 Å². The number of nitrogens with zero attached hydrogens (tertiary/aromatic N) is 3. The standard InChI is InChI=1S/C26H27F3N4O2/c1-16-9-18(7-8-30-16)14-33(15-34)25-10-19(5-6-21(25)17(2)32(3)4)26(35)31-13-22-23(28)11-20(27)12-24(22)29/h5-12,15,17H,13-14H2,1-4H3,(H,31,35). The molecular weight excluding hydrogens is 457 g/mol. The van der Waals surface area contributed by atoms with Crippen LogP contribution in [-0.2, 0) is 17.9 Å². The molecule has 2 amide bonds. The van der Waals surface area contributed by atoms with Gasteiger partial charge < -0.3 is 15.1 Å². The summed E-state index contributed by atoms with van der Waals surface area (Å²) >= 11 is 0. The monoisotopic (exact) mass is 484 g/mol. The summed E-state index contributed by atoms with van der Waals surface area (Å²) in [6.07, 6.45) is 2.36. The molecule has 0 spiro atoms. The van der Waals surface area contributed by atoms with Crippen LogP contribution in [-0.4, -0.2) is 36.3 Å². The largest absolute Gasteiger partial charge is 0.348 e. The summed E-state index contributed by atoms with van der Waals surface area (Å²) in [6, 6.07) is 9.63. The Morgan fingerprint density at radius 3 is 2.37 bits per heavy atom. The van der Waals surface area contributed by atoms with E-state index in [1.807, 2.05) is 38.9 Å². The van der Waals surface area contributed by atoms with E-state index in [1.165, 1.54) is 4.90 Å². The normalized spacial score (nSPS) is 11.9. The summed E-state index contributed by atoms with van der Waals surface area (Å²) < 4.78 is 41.1. The molecule has 0 saturated carbocycles. The average Bonchev–Trinajstić information content (AvgIpc) is 2.80. The Bertz CT molecular complexity index is 1210. The molecule has 1 aromatic heterocycles. The second-order valence-electron chi connectivity index (χ2n) is 8.48. The number of hydrogen-bond acceptors (Lipinski definition) is 4. The lowest BCUT2D eigenvalue weighted by Crippen LogP contribution is -2.27. The third-order valence-corrected chi connectivity index (χ3v) is 5.80. The summed E-state index contributed by atoms with van der Waals surface area (Å²) in [5, 5.41) is 2.46. The molecule has 9 heteroatoms. The van der Waals surface area contributed by atoms with Gasteiger partial charge in [-0.25, -0.2) is 13.2 Å². The molecule has 0 fully saturated rings. The van der Waals surface area contributed by atoms with Crippen LogP contribution in [0.5, 0.6) is 0 Å². The molecule has 0 radical (unpaired) electrons. The van der Waals surface area contributed by atoms with Crippen LogP contribution in [0.1, 0.15) is 45.7 Å². The van der Waals surface area contributed by atoms with Crippen molar-refractivity contribution in [2.24, 2.45) is 0 Å². The highest BCUT2D eigenvalue weighted by molar-refractivity contribution is 5.96. The number of rotatable bonds is 9. The Morgan fingerprint density at radius 1 is 1.09 bits per heavy atom. The van der Waals surface area contributed by atoms with E-state index in [0.29, 0.717) is 24.2 Å². The minimum absolute atomic E-state index is 0.0776. The molecular formula is C26H27F3N4O2. The smallest absolute Gasteiger partial charge is 0.251 e. The number of aryl methyl sites for hydroxylation is 1. The predicted octanol–water partition coefficient (Wildman–Crippen LogP) is 4.52. The zero-order valence-corrected chi connectivity index (χ0v) is 20.0. The van der Waals surface area contributed by atoms with Gasteiger partial charge in [0.2, 0.25) is 6.41 Å². The Morgan fingerprint density at radius 2 is 1.77 bits per heavy atom. The molecule has 1 heterocycles. The maximum absolute atomic E-state index is 13.9. The maximum Gasteiger partial charge on any atom is 0.251 e. The van der Waals surface area contributed by atoms with Gasteiger partial charge in [-0.05, 0) is 63.3 Å². The van der Waals surface area contributed by atoms with Crippen molar-refractivity contribution in [3.8, 4) is 0 Å². The molecule has 6 nitrogen and oxygen atoms in total. The average molecular weight is 485 g/mol. The fourth-order valence-corrected chi connectivity index (χ4v) is 3.66. The van der Waals surface area contributed by atoms with Gasteiger partial charge in [0, 0.05) is 53.4 Å². The number of carbonyl (C=O) groups is 2. The fraction of sp³-hybridized carbons (Fsp3) is 0.269. The minimum Gasteiger partial charge on any atom is -0.348 e. The molecule has 0 aliphatic carbocycles. The van der Waals surface area contributed by atoms with Gasteiger partial charge in [-0.1, -0.05) is 6.07 Å². The van der Waals surface area contributed by atoms with E-state index in [1.54, 1.807) is 30.5 Å². The lowest BCUT2D eigenvalue weighted by atomic mass is 10.0. The van der Waals surface area contributed by atoms with E-state index < -0.39 is 35.5 Å². The molecule has 3 rings (SSSR count). The molecule has 1 unspecified atom stereocenters. The molecule has 3 aromatic rings. The van der Waals surface area contributed by atoms with E-state index >= 15 is 0 Å². The number of amides is 2. The SMILES string of the molecule is Cc1cc(CN(C=O)c2cc(C(=O)NCc3c(F)cc(F)cc3F)ccc2C(C)N(C)C)ccn1. The highest BCUT2D eigenvalue weighted by Crippen LogP contribution is 2.31.